The Morgan fingerprint density at radius 1 is 1.36 bits per heavy atom. The van der Waals surface area contributed by atoms with Crippen molar-refractivity contribution < 1.29 is 9.53 Å². The van der Waals surface area contributed by atoms with Crippen molar-refractivity contribution in [2.75, 3.05) is 43.1 Å². The number of hydrogen-bond acceptors (Lipinski definition) is 5. The van der Waals surface area contributed by atoms with Crippen molar-refractivity contribution in [3.05, 3.63) is 29.3 Å². The summed E-state index contributed by atoms with van der Waals surface area (Å²) in [5, 5.41) is 3.06. The molecule has 2 saturated heterocycles. The van der Waals surface area contributed by atoms with Gasteiger partial charge in [0, 0.05) is 50.0 Å². The van der Waals surface area contributed by atoms with Gasteiger partial charge >= 0.3 is 0 Å². The van der Waals surface area contributed by atoms with E-state index in [1.54, 1.807) is 0 Å². The highest BCUT2D eigenvalue weighted by Crippen LogP contribution is 2.23. The van der Waals surface area contributed by atoms with Gasteiger partial charge in [-0.25, -0.2) is 0 Å². The summed E-state index contributed by atoms with van der Waals surface area (Å²) in [6.07, 6.45) is 1.72. The molecule has 0 bridgehead atoms. The van der Waals surface area contributed by atoms with Crippen LogP contribution in [0.2, 0.25) is 0 Å². The molecule has 0 aliphatic carbocycles. The molecule has 6 heteroatoms. The van der Waals surface area contributed by atoms with Crippen LogP contribution in [-0.4, -0.2) is 54.7 Å². The number of amides is 1. The zero-order valence-electron chi connectivity index (χ0n) is 15.0. The van der Waals surface area contributed by atoms with Crippen LogP contribution in [0, 0.1) is 12.8 Å². The van der Waals surface area contributed by atoms with Gasteiger partial charge in [0.15, 0.2) is 0 Å². The molecular formula is C19H29N3O2S. The molecule has 2 aliphatic heterocycles. The molecule has 1 aromatic carbocycles. The predicted molar refractivity (Wildman–Crippen MR) is 104 cm³/mol. The lowest BCUT2D eigenvalue weighted by Crippen LogP contribution is -2.44. The third kappa shape index (κ3) is 4.97. The van der Waals surface area contributed by atoms with E-state index in [-0.39, 0.29) is 11.8 Å². The van der Waals surface area contributed by atoms with Gasteiger partial charge in [-0.3, -0.25) is 9.69 Å². The molecule has 2 aliphatic rings. The summed E-state index contributed by atoms with van der Waals surface area (Å²) in [6.45, 7) is 6.71. The second-order valence-electron chi connectivity index (χ2n) is 6.94. The first-order valence-corrected chi connectivity index (χ1v) is 10.3. The van der Waals surface area contributed by atoms with Crippen LogP contribution < -0.4 is 11.1 Å². The first-order chi connectivity index (χ1) is 12.1. The number of benzene rings is 1. The van der Waals surface area contributed by atoms with Crippen molar-refractivity contribution in [3.8, 4) is 0 Å². The summed E-state index contributed by atoms with van der Waals surface area (Å²) >= 11 is 2.02. The van der Waals surface area contributed by atoms with E-state index in [0.29, 0.717) is 13.2 Å². The predicted octanol–water partition coefficient (Wildman–Crippen LogP) is 2.24. The van der Waals surface area contributed by atoms with Gasteiger partial charge in [0.05, 0.1) is 6.04 Å². The van der Waals surface area contributed by atoms with E-state index in [9.17, 15) is 4.79 Å². The van der Waals surface area contributed by atoms with Crippen LogP contribution in [0.25, 0.3) is 0 Å². The van der Waals surface area contributed by atoms with E-state index in [2.05, 4.69) is 23.2 Å². The van der Waals surface area contributed by atoms with Gasteiger partial charge in [0.2, 0.25) is 5.91 Å². The average Bonchev–Trinajstić information content (AvgIpc) is 2.66. The van der Waals surface area contributed by atoms with Gasteiger partial charge in [0.25, 0.3) is 0 Å². The van der Waals surface area contributed by atoms with Gasteiger partial charge in [-0.1, -0.05) is 12.1 Å². The smallest absolute Gasteiger partial charge is 0.241 e. The number of rotatable bonds is 5. The lowest BCUT2D eigenvalue weighted by atomic mass is 9.91. The van der Waals surface area contributed by atoms with Gasteiger partial charge in [-0.05, 0) is 42.9 Å². The number of nitrogens with two attached hydrogens (primary N) is 1. The normalized spacial score (nSPS) is 21.0. The number of carbonyl (C=O) groups excluding carboxylic acids is 1. The summed E-state index contributed by atoms with van der Waals surface area (Å²) in [5.41, 5.74) is 9.51. The molecule has 5 nitrogen and oxygen atoms in total. The molecular weight excluding hydrogens is 334 g/mol. The monoisotopic (exact) mass is 363 g/mol. The number of ether oxygens (including phenoxy) is 1. The van der Waals surface area contributed by atoms with Crippen LogP contribution in [0.4, 0.5) is 5.69 Å². The van der Waals surface area contributed by atoms with Gasteiger partial charge < -0.3 is 15.8 Å². The second kappa shape index (κ2) is 9.03. The molecule has 1 unspecified atom stereocenters. The Balaban J connectivity index is 1.63. The summed E-state index contributed by atoms with van der Waals surface area (Å²) in [6, 6.07) is 5.69. The molecule has 25 heavy (non-hydrogen) atoms. The van der Waals surface area contributed by atoms with Crippen LogP contribution >= 0.6 is 11.8 Å². The Kier molecular flexibility index (Phi) is 6.76. The molecule has 1 atom stereocenters. The number of hydrogen-bond donors (Lipinski definition) is 2. The molecule has 0 radical (unpaired) electrons. The fourth-order valence-corrected chi connectivity index (χ4v) is 4.47. The zero-order valence-corrected chi connectivity index (χ0v) is 15.8. The van der Waals surface area contributed by atoms with Crippen LogP contribution in [0.1, 0.15) is 24.0 Å². The lowest BCUT2D eigenvalue weighted by Gasteiger charge is -2.28. The quantitative estimate of drug-likeness (QED) is 0.840. The lowest BCUT2D eigenvalue weighted by molar-refractivity contribution is -0.119. The number of carbonyl (C=O) groups is 1. The molecule has 2 heterocycles. The molecule has 2 fully saturated rings. The maximum atomic E-state index is 12.6. The van der Waals surface area contributed by atoms with Gasteiger partial charge in [-0.2, -0.15) is 11.8 Å². The van der Waals surface area contributed by atoms with Crippen LogP contribution in [0.3, 0.4) is 0 Å². The van der Waals surface area contributed by atoms with Crippen molar-refractivity contribution in [2.24, 2.45) is 11.7 Å². The number of nitrogens with zero attached hydrogens (tertiary/aromatic N) is 1. The highest BCUT2D eigenvalue weighted by molar-refractivity contribution is 7.99. The summed E-state index contributed by atoms with van der Waals surface area (Å²) < 4.78 is 5.36. The van der Waals surface area contributed by atoms with Crippen molar-refractivity contribution >= 4 is 23.4 Å². The van der Waals surface area contributed by atoms with E-state index in [0.717, 1.165) is 43.7 Å². The van der Waals surface area contributed by atoms with Gasteiger partial charge in [-0.15, -0.1) is 0 Å². The van der Waals surface area contributed by atoms with E-state index in [4.69, 9.17) is 10.5 Å². The van der Waals surface area contributed by atoms with E-state index in [1.807, 2.05) is 23.9 Å². The summed E-state index contributed by atoms with van der Waals surface area (Å²) in [4.78, 5) is 15.1. The highest BCUT2D eigenvalue weighted by atomic mass is 32.2. The number of anilines is 1. The minimum absolute atomic E-state index is 0.0819. The minimum atomic E-state index is -0.467. The SMILES string of the molecule is Cc1c(CN2CCSCC2)cccc1NC(=O)C(N)C1CCOCC1. The fourth-order valence-electron chi connectivity index (χ4n) is 3.50. The van der Waals surface area contributed by atoms with Crippen molar-refractivity contribution in [1.29, 1.82) is 0 Å². The maximum Gasteiger partial charge on any atom is 0.241 e. The fraction of sp³-hybridized carbons (Fsp3) is 0.632. The Labute approximate surface area is 154 Å². The van der Waals surface area contributed by atoms with Crippen LogP contribution in [0.15, 0.2) is 18.2 Å². The largest absolute Gasteiger partial charge is 0.381 e. The van der Waals surface area contributed by atoms with Gasteiger partial charge in [0.1, 0.15) is 0 Å². The molecule has 3 N–H and O–H groups in total. The van der Waals surface area contributed by atoms with E-state index >= 15 is 0 Å². The highest BCUT2D eigenvalue weighted by Gasteiger charge is 2.27. The van der Waals surface area contributed by atoms with E-state index < -0.39 is 6.04 Å². The van der Waals surface area contributed by atoms with Crippen molar-refractivity contribution in [2.45, 2.75) is 32.4 Å². The zero-order chi connectivity index (χ0) is 17.6. The third-order valence-corrected chi connectivity index (χ3v) is 6.22. The summed E-state index contributed by atoms with van der Waals surface area (Å²) in [7, 11) is 0. The maximum absolute atomic E-state index is 12.6. The van der Waals surface area contributed by atoms with Crippen molar-refractivity contribution in [1.82, 2.24) is 4.90 Å². The van der Waals surface area contributed by atoms with Crippen molar-refractivity contribution in [3.63, 3.8) is 0 Å². The molecule has 1 aromatic rings. The first kappa shape index (κ1) is 18.7. The Morgan fingerprint density at radius 3 is 2.80 bits per heavy atom. The standard InChI is InChI=1S/C19H29N3O2S/c1-14-16(13-22-7-11-25-12-8-22)3-2-4-17(14)21-19(23)18(20)15-5-9-24-10-6-15/h2-4,15,18H,5-13,20H2,1H3,(H,21,23). The molecule has 0 aromatic heterocycles. The first-order valence-electron chi connectivity index (χ1n) is 9.18. The number of nitrogens with one attached hydrogen (secondary N) is 1. The molecule has 3 rings (SSSR count). The third-order valence-electron chi connectivity index (χ3n) is 5.28. The van der Waals surface area contributed by atoms with E-state index in [1.165, 1.54) is 17.1 Å². The molecule has 1 amide bonds. The topological polar surface area (TPSA) is 67.6 Å². The van der Waals surface area contributed by atoms with Crippen LogP contribution in [0.5, 0.6) is 0 Å². The number of thioether (sulfide) groups is 1. The molecule has 0 spiro atoms. The minimum Gasteiger partial charge on any atom is -0.381 e. The second-order valence-corrected chi connectivity index (χ2v) is 8.17. The molecule has 0 saturated carbocycles. The van der Waals surface area contributed by atoms with Crippen LogP contribution in [-0.2, 0) is 16.1 Å². The molecule has 138 valence electrons. The average molecular weight is 364 g/mol. The Bertz CT molecular complexity index is 584. The summed E-state index contributed by atoms with van der Waals surface area (Å²) in [5.74, 6) is 2.54. The Morgan fingerprint density at radius 2 is 2.08 bits per heavy atom. The Hall–Kier alpha value is -1.08.